The number of piperidine rings is 1. The minimum absolute atomic E-state index is 0.0446. The molecule has 0 aromatic carbocycles. The van der Waals surface area contributed by atoms with Gasteiger partial charge in [-0.05, 0) is 24.7 Å². The summed E-state index contributed by atoms with van der Waals surface area (Å²) in [6.07, 6.45) is 5.27. The lowest BCUT2D eigenvalue weighted by Gasteiger charge is -2.47. The Morgan fingerprint density at radius 2 is 2.09 bits per heavy atom. The van der Waals surface area contributed by atoms with E-state index in [0.717, 1.165) is 24.3 Å². The topological polar surface area (TPSA) is 64.9 Å². The van der Waals surface area contributed by atoms with Gasteiger partial charge in [0.05, 0.1) is 0 Å². The van der Waals surface area contributed by atoms with Gasteiger partial charge in [0.25, 0.3) is 0 Å². The second-order valence-electron chi connectivity index (χ2n) is 7.59. The Labute approximate surface area is 137 Å². The highest BCUT2D eigenvalue weighted by Gasteiger charge is 2.45. The van der Waals surface area contributed by atoms with Crippen LogP contribution in [0.2, 0.25) is 0 Å². The molecule has 5 nitrogen and oxygen atoms in total. The van der Waals surface area contributed by atoms with Crippen molar-refractivity contribution >= 4 is 23.5 Å². The molecule has 22 heavy (non-hydrogen) atoms. The third-order valence-corrected chi connectivity index (χ3v) is 4.89. The van der Waals surface area contributed by atoms with Gasteiger partial charge in [0.15, 0.2) is 5.84 Å². The van der Waals surface area contributed by atoms with Crippen LogP contribution < -0.4 is 5.32 Å². The molecular weight excluding hydrogens is 302 g/mol. The van der Waals surface area contributed by atoms with Crippen molar-refractivity contribution in [3.8, 4) is 0 Å². The first-order valence-electron chi connectivity index (χ1n) is 7.83. The Bertz CT molecular complexity index is 512. The Balaban J connectivity index is 2.19. The van der Waals surface area contributed by atoms with E-state index in [2.05, 4.69) is 38.2 Å². The van der Waals surface area contributed by atoms with Crippen LogP contribution in [-0.2, 0) is 0 Å². The number of amides is 2. The van der Waals surface area contributed by atoms with Crippen molar-refractivity contribution in [2.24, 2.45) is 16.0 Å². The summed E-state index contributed by atoms with van der Waals surface area (Å²) in [7, 11) is 0. The smallest absolute Gasteiger partial charge is 0.323 e. The van der Waals surface area contributed by atoms with E-state index in [1.807, 2.05) is 6.08 Å². The minimum Gasteiger partial charge on any atom is -0.409 e. The Hall–Kier alpha value is -1.23. The van der Waals surface area contributed by atoms with Crippen LogP contribution in [0.5, 0.6) is 0 Å². The van der Waals surface area contributed by atoms with Gasteiger partial charge >= 0.3 is 6.03 Å². The highest BCUT2D eigenvalue weighted by Crippen LogP contribution is 2.45. The zero-order valence-electron chi connectivity index (χ0n) is 13.8. The van der Waals surface area contributed by atoms with E-state index in [0.29, 0.717) is 18.8 Å². The molecule has 2 rings (SSSR count). The maximum absolute atomic E-state index is 12.7. The quantitative estimate of drug-likeness (QED) is 0.566. The van der Waals surface area contributed by atoms with E-state index in [-0.39, 0.29) is 22.9 Å². The summed E-state index contributed by atoms with van der Waals surface area (Å²) in [6.45, 7) is 8.99. The van der Waals surface area contributed by atoms with E-state index in [9.17, 15) is 4.79 Å². The lowest BCUT2D eigenvalue weighted by atomic mass is 9.64. The molecule has 1 saturated heterocycles. The summed E-state index contributed by atoms with van der Waals surface area (Å²) in [4.78, 5) is 14.2. The molecule has 1 aliphatic heterocycles. The molecule has 0 saturated carbocycles. The standard InChI is InChI=1S/C16H26ClN3O2/c1-15(2)9-11(17)10-16(3,4)13(15)18-14(21)20-8-6-5-7-12(20)19-22/h9,13,22H,5-8,10H2,1-4H3,(H,18,21). The number of hydrogen-bond donors (Lipinski definition) is 2. The molecule has 1 aliphatic carbocycles. The van der Waals surface area contributed by atoms with E-state index >= 15 is 0 Å². The van der Waals surface area contributed by atoms with Crippen molar-refractivity contribution < 1.29 is 10.0 Å². The molecule has 1 unspecified atom stereocenters. The minimum atomic E-state index is -0.235. The van der Waals surface area contributed by atoms with Crippen molar-refractivity contribution in [3.05, 3.63) is 11.1 Å². The van der Waals surface area contributed by atoms with Crippen LogP contribution in [0, 0.1) is 10.8 Å². The number of rotatable bonds is 1. The highest BCUT2D eigenvalue weighted by molar-refractivity contribution is 6.29. The van der Waals surface area contributed by atoms with Crippen LogP contribution in [0.15, 0.2) is 16.3 Å². The Morgan fingerprint density at radius 3 is 2.68 bits per heavy atom. The fourth-order valence-corrected chi connectivity index (χ4v) is 4.43. The molecule has 0 aromatic rings. The molecule has 124 valence electrons. The van der Waals surface area contributed by atoms with Gasteiger partial charge in [-0.2, -0.15) is 0 Å². The number of urea groups is 1. The third kappa shape index (κ3) is 3.40. The Morgan fingerprint density at radius 1 is 1.41 bits per heavy atom. The number of halogens is 1. The molecule has 0 spiro atoms. The lowest BCUT2D eigenvalue weighted by molar-refractivity contribution is 0.127. The highest BCUT2D eigenvalue weighted by atomic mass is 35.5. The molecule has 0 aromatic heterocycles. The van der Waals surface area contributed by atoms with Crippen LogP contribution in [-0.4, -0.2) is 34.6 Å². The normalized spacial score (nSPS) is 29.1. The zero-order valence-corrected chi connectivity index (χ0v) is 14.6. The van der Waals surface area contributed by atoms with Crippen molar-refractivity contribution in [2.75, 3.05) is 6.54 Å². The maximum atomic E-state index is 12.7. The van der Waals surface area contributed by atoms with Gasteiger partial charge in [0.2, 0.25) is 0 Å². The Kier molecular flexibility index (Phi) is 4.76. The molecule has 2 aliphatic rings. The molecule has 6 heteroatoms. The number of oxime groups is 1. The molecular formula is C16H26ClN3O2. The second kappa shape index (κ2) is 6.11. The molecule has 2 N–H and O–H groups in total. The van der Waals surface area contributed by atoms with Gasteiger partial charge in [-0.25, -0.2) is 4.79 Å². The van der Waals surface area contributed by atoms with E-state index in [1.165, 1.54) is 0 Å². The summed E-state index contributed by atoms with van der Waals surface area (Å²) in [5, 5.41) is 16.4. The molecule has 0 bridgehead atoms. The van der Waals surface area contributed by atoms with Crippen LogP contribution in [0.25, 0.3) is 0 Å². The average Bonchev–Trinajstić information content (AvgIpc) is 2.41. The van der Waals surface area contributed by atoms with E-state index in [1.54, 1.807) is 4.90 Å². The van der Waals surface area contributed by atoms with Gasteiger partial charge < -0.3 is 10.5 Å². The van der Waals surface area contributed by atoms with Crippen molar-refractivity contribution in [2.45, 2.75) is 59.4 Å². The number of likely N-dealkylation sites (tertiary alicyclic amines) is 1. The molecule has 1 fully saturated rings. The first-order valence-corrected chi connectivity index (χ1v) is 8.21. The van der Waals surface area contributed by atoms with Gasteiger partial charge in [-0.15, -0.1) is 0 Å². The third-order valence-electron chi connectivity index (χ3n) is 4.65. The van der Waals surface area contributed by atoms with Gasteiger partial charge in [-0.1, -0.05) is 50.5 Å². The number of amidine groups is 1. The average molecular weight is 328 g/mol. The van der Waals surface area contributed by atoms with Crippen molar-refractivity contribution in [1.82, 2.24) is 10.2 Å². The van der Waals surface area contributed by atoms with Gasteiger partial charge in [0, 0.05) is 29.5 Å². The van der Waals surface area contributed by atoms with Crippen LogP contribution in [0.3, 0.4) is 0 Å². The molecule has 2 amide bonds. The number of nitrogens with one attached hydrogen (secondary N) is 1. The number of hydrogen-bond acceptors (Lipinski definition) is 3. The molecule has 0 radical (unpaired) electrons. The molecule has 1 heterocycles. The first-order chi connectivity index (χ1) is 10.2. The van der Waals surface area contributed by atoms with E-state index < -0.39 is 0 Å². The second-order valence-corrected chi connectivity index (χ2v) is 8.07. The van der Waals surface area contributed by atoms with Crippen LogP contribution >= 0.6 is 11.6 Å². The summed E-state index contributed by atoms with van der Waals surface area (Å²) >= 11 is 6.27. The molecule has 1 atom stereocenters. The number of allylic oxidation sites excluding steroid dienone is 1. The largest absolute Gasteiger partial charge is 0.409 e. The lowest BCUT2D eigenvalue weighted by Crippen LogP contribution is -2.58. The number of nitrogens with zero attached hydrogens (tertiary/aromatic N) is 2. The van der Waals surface area contributed by atoms with E-state index in [4.69, 9.17) is 16.8 Å². The predicted octanol–water partition coefficient (Wildman–Crippen LogP) is 3.92. The van der Waals surface area contributed by atoms with Crippen LogP contribution in [0.4, 0.5) is 4.79 Å². The zero-order chi connectivity index (χ0) is 16.5. The number of carbonyl (C=O) groups excluding carboxylic acids is 1. The van der Waals surface area contributed by atoms with Gasteiger partial charge in [0.1, 0.15) is 0 Å². The van der Waals surface area contributed by atoms with Crippen molar-refractivity contribution in [1.29, 1.82) is 0 Å². The summed E-state index contributed by atoms with van der Waals surface area (Å²) in [5.74, 6) is 0.448. The fourth-order valence-electron chi connectivity index (χ4n) is 3.80. The summed E-state index contributed by atoms with van der Waals surface area (Å²) < 4.78 is 0. The summed E-state index contributed by atoms with van der Waals surface area (Å²) in [5.41, 5.74) is -0.377. The SMILES string of the molecule is CC1(C)C=C(Cl)CC(C)(C)C1NC(=O)N1CCCCC1=NO. The maximum Gasteiger partial charge on any atom is 0.323 e. The predicted molar refractivity (Wildman–Crippen MR) is 88.2 cm³/mol. The number of carbonyl (C=O) groups is 1. The fraction of sp³-hybridized carbons (Fsp3) is 0.750. The monoisotopic (exact) mass is 327 g/mol. The van der Waals surface area contributed by atoms with Gasteiger partial charge in [-0.3, -0.25) is 4.90 Å². The summed E-state index contributed by atoms with van der Waals surface area (Å²) in [6, 6.07) is -0.234. The first kappa shape index (κ1) is 17.1. The van der Waals surface area contributed by atoms with Crippen LogP contribution in [0.1, 0.15) is 53.4 Å². The van der Waals surface area contributed by atoms with Crippen molar-refractivity contribution in [3.63, 3.8) is 0 Å².